The van der Waals surface area contributed by atoms with Gasteiger partial charge in [-0.1, -0.05) is 48.6 Å². The van der Waals surface area contributed by atoms with E-state index in [0.29, 0.717) is 46.3 Å². The van der Waals surface area contributed by atoms with Crippen molar-refractivity contribution < 1.29 is 0 Å². The zero-order chi connectivity index (χ0) is 15.1. The summed E-state index contributed by atoms with van der Waals surface area (Å²) in [6.45, 7) is 0. The minimum Gasteiger partial charge on any atom is -0.122 e. The van der Waals surface area contributed by atoms with Crippen LogP contribution in [0.15, 0.2) is 48.6 Å². The summed E-state index contributed by atoms with van der Waals surface area (Å²) in [5.41, 5.74) is 0. The number of allylic oxidation sites excluding steroid dienone is 8. The Bertz CT molecular complexity index is 482. The summed E-state index contributed by atoms with van der Waals surface area (Å²) in [7, 11) is 0. The molecule has 0 saturated heterocycles. The lowest BCUT2D eigenvalue weighted by molar-refractivity contribution is 0.396. The second-order valence-electron chi connectivity index (χ2n) is 7.48. The van der Waals surface area contributed by atoms with Crippen molar-refractivity contribution in [2.45, 2.75) is 36.4 Å². The van der Waals surface area contributed by atoms with Gasteiger partial charge in [0.2, 0.25) is 0 Å². The molecule has 2 heteroatoms. The van der Waals surface area contributed by atoms with Crippen LogP contribution in [0.3, 0.4) is 0 Å². The molecule has 0 aromatic heterocycles. The Morgan fingerprint density at radius 1 is 0.636 bits per heavy atom. The van der Waals surface area contributed by atoms with E-state index in [1.165, 1.54) is 25.7 Å². The van der Waals surface area contributed by atoms with E-state index in [1.807, 2.05) is 0 Å². The molecule has 2 saturated carbocycles. The van der Waals surface area contributed by atoms with Crippen molar-refractivity contribution in [2.75, 3.05) is 0 Å². The molecule has 4 rings (SSSR count). The molecule has 0 aromatic rings. The summed E-state index contributed by atoms with van der Waals surface area (Å²) in [6.07, 6.45) is 23.0. The fraction of sp³-hybridized carbons (Fsp3) is 0.600. The number of fused-ring (bicyclic) bond motifs is 2. The predicted octanol–water partition coefficient (Wildman–Crippen LogP) is 5.74. The Kier molecular flexibility index (Phi) is 4.26. The predicted molar refractivity (Wildman–Crippen MR) is 95.3 cm³/mol. The minimum absolute atomic E-state index is 0.309. The van der Waals surface area contributed by atoms with Gasteiger partial charge in [0, 0.05) is 22.6 Å². The van der Waals surface area contributed by atoms with Crippen molar-refractivity contribution >= 4 is 23.2 Å². The molecule has 118 valence electrons. The van der Waals surface area contributed by atoms with E-state index in [2.05, 4.69) is 48.6 Å². The van der Waals surface area contributed by atoms with Gasteiger partial charge in [-0.15, -0.1) is 23.2 Å². The quantitative estimate of drug-likeness (QED) is 0.577. The first-order valence-corrected chi connectivity index (χ1v) is 9.59. The van der Waals surface area contributed by atoms with Crippen molar-refractivity contribution in [1.82, 2.24) is 0 Å². The second kappa shape index (κ2) is 6.21. The first-order chi connectivity index (χ1) is 10.7. The highest BCUT2D eigenvalue weighted by Crippen LogP contribution is 2.49. The number of rotatable bonds is 3. The maximum Gasteiger partial charge on any atom is 0.0432 e. The standard InChI is InChI=1S/C20H24Cl2/c21-19-15(11-13-5-1-3-7-17(13)19)9-10-16-12-14-6-2-4-8-18(14)20(16)22/h1-8,13-20H,9-12H2. The fourth-order valence-electron chi connectivity index (χ4n) is 5.07. The number of alkyl halides is 2. The Balaban J connectivity index is 1.35. The zero-order valence-electron chi connectivity index (χ0n) is 12.8. The lowest BCUT2D eigenvalue weighted by Crippen LogP contribution is -2.19. The molecule has 0 nitrogen and oxygen atoms in total. The van der Waals surface area contributed by atoms with Crippen molar-refractivity contribution in [1.29, 1.82) is 0 Å². The number of halogens is 2. The van der Waals surface area contributed by atoms with Crippen LogP contribution in [-0.2, 0) is 0 Å². The third-order valence-corrected chi connectivity index (χ3v) is 7.58. The van der Waals surface area contributed by atoms with Gasteiger partial charge in [-0.25, -0.2) is 0 Å². The summed E-state index contributed by atoms with van der Waals surface area (Å²) in [6, 6.07) is 0. The Morgan fingerprint density at radius 2 is 1.05 bits per heavy atom. The van der Waals surface area contributed by atoms with Crippen molar-refractivity contribution in [3.05, 3.63) is 48.6 Å². The first kappa shape index (κ1) is 15.1. The molecule has 0 N–H and O–H groups in total. The lowest BCUT2D eigenvalue weighted by Gasteiger charge is -2.21. The van der Waals surface area contributed by atoms with Crippen molar-refractivity contribution in [2.24, 2.45) is 35.5 Å². The second-order valence-corrected chi connectivity index (χ2v) is 8.49. The normalized spacial score (nSPS) is 48.6. The van der Waals surface area contributed by atoms with Crippen LogP contribution in [0.4, 0.5) is 0 Å². The maximum absolute atomic E-state index is 6.76. The van der Waals surface area contributed by atoms with Crippen LogP contribution in [0.2, 0.25) is 0 Å². The lowest BCUT2D eigenvalue weighted by atomic mass is 9.91. The third kappa shape index (κ3) is 2.63. The molecule has 0 amide bonds. The first-order valence-electron chi connectivity index (χ1n) is 8.72. The molecule has 0 aromatic carbocycles. The van der Waals surface area contributed by atoms with Crippen LogP contribution in [0.5, 0.6) is 0 Å². The van der Waals surface area contributed by atoms with E-state index < -0.39 is 0 Å². The number of hydrogen-bond donors (Lipinski definition) is 0. The van der Waals surface area contributed by atoms with Gasteiger partial charge in [-0.2, -0.15) is 0 Å². The molecule has 0 heterocycles. The van der Waals surface area contributed by atoms with Gasteiger partial charge >= 0.3 is 0 Å². The molecule has 8 unspecified atom stereocenters. The van der Waals surface area contributed by atoms with E-state index in [4.69, 9.17) is 23.2 Å². The van der Waals surface area contributed by atoms with Crippen LogP contribution < -0.4 is 0 Å². The Labute approximate surface area is 143 Å². The van der Waals surface area contributed by atoms with Gasteiger partial charge in [-0.05, 0) is 49.4 Å². The van der Waals surface area contributed by atoms with E-state index in [1.54, 1.807) is 0 Å². The topological polar surface area (TPSA) is 0 Å². The van der Waals surface area contributed by atoms with E-state index in [9.17, 15) is 0 Å². The largest absolute Gasteiger partial charge is 0.122 e. The highest BCUT2D eigenvalue weighted by Gasteiger charge is 2.43. The van der Waals surface area contributed by atoms with Crippen LogP contribution in [0.1, 0.15) is 25.7 Å². The summed E-state index contributed by atoms with van der Waals surface area (Å²) < 4.78 is 0. The summed E-state index contributed by atoms with van der Waals surface area (Å²) in [5.74, 6) is 3.76. The third-order valence-electron chi connectivity index (χ3n) is 6.29. The number of hydrogen-bond acceptors (Lipinski definition) is 0. The van der Waals surface area contributed by atoms with Gasteiger partial charge < -0.3 is 0 Å². The van der Waals surface area contributed by atoms with Crippen molar-refractivity contribution in [3.63, 3.8) is 0 Å². The zero-order valence-corrected chi connectivity index (χ0v) is 14.3. The molecule has 8 atom stereocenters. The molecule has 2 fully saturated rings. The van der Waals surface area contributed by atoms with E-state index >= 15 is 0 Å². The monoisotopic (exact) mass is 334 g/mol. The molecule has 0 radical (unpaired) electrons. The summed E-state index contributed by atoms with van der Waals surface area (Å²) in [5, 5.41) is 0.617. The van der Waals surface area contributed by atoms with Gasteiger partial charge in [0.1, 0.15) is 0 Å². The molecule has 0 bridgehead atoms. The van der Waals surface area contributed by atoms with Gasteiger partial charge in [-0.3, -0.25) is 0 Å². The molecular formula is C20H24Cl2. The highest BCUT2D eigenvalue weighted by atomic mass is 35.5. The minimum atomic E-state index is 0.309. The van der Waals surface area contributed by atoms with Gasteiger partial charge in [0.15, 0.2) is 0 Å². The van der Waals surface area contributed by atoms with Gasteiger partial charge in [0.25, 0.3) is 0 Å². The van der Waals surface area contributed by atoms with Crippen LogP contribution in [-0.4, -0.2) is 10.8 Å². The maximum atomic E-state index is 6.76. The van der Waals surface area contributed by atoms with Crippen LogP contribution in [0, 0.1) is 35.5 Å². The molecule has 0 spiro atoms. The Morgan fingerprint density at radius 3 is 1.45 bits per heavy atom. The van der Waals surface area contributed by atoms with Gasteiger partial charge in [0.05, 0.1) is 0 Å². The molecule has 22 heavy (non-hydrogen) atoms. The molecule has 0 aliphatic heterocycles. The van der Waals surface area contributed by atoms with Crippen LogP contribution in [0.25, 0.3) is 0 Å². The average molecular weight is 335 g/mol. The SMILES string of the molecule is ClC1C(CCC2CC3C=CC=CC3C2Cl)CC2C=CC=CC21. The summed E-state index contributed by atoms with van der Waals surface area (Å²) in [4.78, 5) is 0. The molecule has 4 aliphatic carbocycles. The molecular weight excluding hydrogens is 311 g/mol. The fourth-order valence-corrected chi connectivity index (χ4v) is 6.07. The summed E-state index contributed by atoms with van der Waals surface area (Å²) >= 11 is 13.5. The smallest absolute Gasteiger partial charge is 0.0432 e. The highest BCUT2D eigenvalue weighted by molar-refractivity contribution is 6.21. The van der Waals surface area contributed by atoms with Crippen molar-refractivity contribution in [3.8, 4) is 0 Å². The average Bonchev–Trinajstić information content (AvgIpc) is 3.04. The Hall–Kier alpha value is -0.460. The van der Waals surface area contributed by atoms with E-state index in [0.717, 1.165) is 0 Å². The van der Waals surface area contributed by atoms with Crippen LogP contribution >= 0.6 is 23.2 Å². The van der Waals surface area contributed by atoms with E-state index in [-0.39, 0.29) is 0 Å². The molecule has 4 aliphatic rings.